The van der Waals surface area contributed by atoms with Crippen molar-refractivity contribution in [2.24, 2.45) is 11.8 Å². The number of carbonyl (C=O) groups is 3. The van der Waals surface area contributed by atoms with Crippen molar-refractivity contribution in [2.45, 2.75) is 48.3 Å². The van der Waals surface area contributed by atoms with E-state index in [0.717, 1.165) is 0 Å². The molecule has 3 amide bonds. The molecule has 0 radical (unpaired) electrons. The zero-order valence-electron chi connectivity index (χ0n) is 24.0. The molecule has 3 aromatic rings. The van der Waals surface area contributed by atoms with E-state index >= 15 is 0 Å². The number of halogens is 1. The Bertz CT molecular complexity index is 1540. The second kappa shape index (κ2) is 11.5. The van der Waals surface area contributed by atoms with E-state index in [1.54, 1.807) is 60.3 Å². The van der Waals surface area contributed by atoms with Gasteiger partial charge in [-0.05, 0) is 68.7 Å². The Kier molecular flexibility index (Phi) is 7.91. The topological polar surface area (TPSA) is 108 Å². The molecule has 1 spiro atoms. The highest BCUT2D eigenvalue weighted by molar-refractivity contribution is 8.02. The molecule has 3 aromatic carbocycles. The maximum atomic E-state index is 14.6. The lowest BCUT2D eigenvalue weighted by atomic mass is 9.66. The van der Waals surface area contributed by atoms with Crippen molar-refractivity contribution in [3.05, 3.63) is 89.4 Å². The number of anilines is 2. The van der Waals surface area contributed by atoms with Crippen LogP contribution >= 0.6 is 23.4 Å². The quantitative estimate of drug-likeness (QED) is 0.291. The highest BCUT2D eigenvalue weighted by Gasteiger charge is 2.77. The van der Waals surface area contributed by atoms with Gasteiger partial charge >= 0.3 is 0 Å². The van der Waals surface area contributed by atoms with Gasteiger partial charge in [-0.1, -0.05) is 54.1 Å². The van der Waals surface area contributed by atoms with E-state index in [0.29, 0.717) is 47.2 Å². The van der Waals surface area contributed by atoms with Crippen LogP contribution in [0.25, 0.3) is 0 Å². The van der Waals surface area contributed by atoms with Gasteiger partial charge in [-0.25, -0.2) is 0 Å². The van der Waals surface area contributed by atoms with Gasteiger partial charge in [-0.3, -0.25) is 14.4 Å². The van der Waals surface area contributed by atoms with Gasteiger partial charge in [0.2, 0.25) is 17.7 Å². The lowest BCUT2D eigenvalue weighted by Crippen LogP contribution is -2.52. The standard InChI is InChI=1S/C33H34ClN3O5S/c1-3-42-22-15-13-21(14-16-22)35-29(39)26-27-31(41)37(25(19-38)20-9-5-4-6-10-20)28(33(27)18-17-32(26,2)43-33)30(40)36-24-12-8-7-11-23(24)34/h4-16,25-28,38H,3,17-19H2,1-2H3,(H,35,39)(H,36,40)/t25-,26+,27+,28?,32-,33?/m1/s1. The van der Waals surface area contributed by atoms with Gasteiger partial charge in [0.1, 0.15) is 11.8 Å². The number of hydrogen-bond donors (Lipinski definition) is 3. The third-order valence-corrected chi connectivity index (χ3v) is 11.3. The number of nitrogens with zero attached hydrogens (tertiary/aromatic N) is 1. The van der Waals surface area contributed by atoms with E-state index in [1.807, 2.05) is 44.2 Å². The number of ether oxygens (including phenoxy) is 1. The zero-order chi connectivity index (χ0) is 30.4. The first-order chi connectivity index (χ1) is 20.7. The maximum Gasteiger partial charge on any atom is 0.248 e. The zero-order valence-corrected chi connectivity index (χ0v) is 25.5. The number of amides is 3. The molecule has 8 nitrogen and oxygen atoms in total. The van der Waals surface area contributed by atoms with Crippen LogP contribution in [0.15, 0.2) is 78.9 Å². The number of nitrogens with one attached hydrogen (secondary N) is 2. The first-order valence-electron chi connectivity index (χ1n) is 14.5. The monoisotopic (exact) mass is 619 g/mol. The van der Waals surface area contributed by atoms with Gasteiger partial charge in [0, 0.05) is 10.4 Å². The number of benzene rings is 3. The highest BCUT2D eigenvalue weighted by Crippen LogP contribution is 2.72. The smallest absolute Gasteiger partial charge is 0.248 e. The molecule has 43 heavy (non-hydrogen) atoms. The third kappa shape index (κ3) is 4.97. The molecule has 0 aromatic heterocycles. The largest absolute Gasteiger partial charge is 0.494 e. The number of thioether (sulfide) groups is 1. The minimum atomic E-state index is -0.936. The normalized spacial score (nSPS) is 28.0. The number of aliphatic hydroxyl groups is 1. The summed E-state index contributed by atoms with van der Waals surface area (Å²) in [5.41, 5.74) is 1.76. The van der Waals surface area contributed by atoms with Gasteiger partial charge in [-0.15, -0.1) is 11.8 Å². The molecule has 224 valence electrons. The molecule has 3 N–H and O–H groups in total. The molecular weight excluding hydrogens is 586 g/mol. The van der Waals surface area contributed by atoms with E-state index in [4.69, 9.17) is 16.3 Å². The summed E-state index contributed by atoms with van der Waals surface area (Å²) in [4.78, 5) is 44.5. The van der Waals surface area contributed by atoms with Crippen LogP contribution in [0.1, 0.15) is 38.3 Å². The maximum absolute atomic E-state index is 14.6. The van der Waals surface area contributed by atoms with Gasteiger partial charge in [0.05, 0.1) is 46.5 Å². The fourth-order valence-corrected chi connectivity index (χ4v) is 9.74. The predicted molar refractivity (Wildman–Crippen MR) is 168 cm³/mol. The van der Waals surface area contributed by atoms with Crippen LogP contribution in [0, 0.1) is 11.8 Å². The Balaban J connectivity index is 1.39. The van der Waals surface area contributed by atoms with E-state index in [9.17, 15) is 19.5 Å². The summed E-state index contributed by atoms with van der Waals surface area (Å²) < 4.78 is 4.11. The first-order valence-corrected chi connectivity index (χ1v) is 15.7. The predicted octanol–water partition coefficient (Wildman–Crippen LogP) is 5.53. The van der Waals surface area contributed by atoms with Crippen LogP contribution in [0.4, 0.5) is 11.4 Å². The summed E-state index contributed by atoms with van der Waals surface area (Å²) in [6.45, 7) is 4.09. The molecule has 10 heteroatoms. The number of hydrogen-bond acceptors (Lipinski definition) is 6. The van der Waals surface area contributed by atoms with Crippen molar-refractivity contribution in [1.82, 2.24) is 4.90 Å². The molecule has 3 fully saturated rings. The molecule has 0 saturated carbocycles. The summed E-state index contributed by atoms with van der Waals surface area (Å²) in [6.07, 6.45) is 1.25. The molecule has 2 unspecified atom stereocenters. The minimum Gasteiger partial charge on any atom is -0.494 e. The minimum absolute atomic E-state index is 0.258. The molecule has 6 atom stereocenters. The number of carbonyl (C=O) groups excluding carboxylic acids is 3. The fraction of sp³-hybridized carbons (Fsp3) is 0.364. The van der Waals surface area contributed by atoms with E-state index < -0.39 is 33.4 Å². The van der Waals surface area contributed by atoms with Crippen LogP contribution in [0.2, 0.25) is 5.02 Å². The van der Waals surface area contributed by atoms with Crippen molar-refractivity contribution in [3.63, 3.8) is 0 Å². The van der Waals surface area contributed by atoms with E-state index in [2.05, 4.69) is 10.6 Å². The van der Waals surface area contributed by atoms with Crippen LogP contribution in [0.3, 0.4) is 0 Å². The fourth-order valence-electron chi connectivity index (χ4n) is 7.21. The number of aliphatic hydroxyl groups excluding tert-OH is 1. The average Bonchev–Trinajstić information content (AvgIpc) is 3.57. The SMILES string of the molecule is CCOc1ccc(NC(=O)[C@@H]2[C@H]3C(=O)N([C@H](CO)c4ccccc4)C(C(=O)Nc4ccccc4Cl)C34CC[C@@]2(C)S4)cc1. The first kappa shape index (κ1) is 29.5. The van der Waals surface area contributed by atoms with Crippen LogP contribution < -0.4 is 15.4 Å². The highest BCUT2D eigenvalue weighted by atomic mass is 35.5. The average molecular weight is 620 g/mol. The Hall–Kier alpha value is -3.53. The lowest BCUT2D eigenvalue weighted by molar-refractivity contribution is -0.141. The van der Waals surface area contributed by atoms with Crippen molar-refractivity contribution < 1.29 is 24.2 Å². The van der Waals surface area contributed by atoms with Gasteiger partial charge < -0.3 is 25.4 Å². The van der Waals surface area contributed by atoms with Crippen LogP contribution in [0.5, 0.6) is 5.75 Å². The molecule has 0 aliphatic carbocycles. The third-order valence-electron chi connectivity index (χ3n) is 9.00. The van der Waals surface area contributed by atoms with Gasteiger partial charge in [0.15, 0.2) is 0 Å². The van der Waals surface area contributed by atoms with Crippen molar-refractivity contribution in [3.8, 4) is 5.75 Å². The summed E-state index contributed by atoms with van der Waals surface area (Å²) in [7, 11) is 0. The number of fused-ring (bicyclic) bond motifs is 1. The Morgan fingerprint density at radius 3 is 2.40 bits per heavy atom. The second-order valence-corrected chi connectivity index (χ2v) is 13.8. The number of para-hydroxylation sites is 1. The Morgan fingerprint density at radius 1 is 1.02 bits per heavy atom. The molecular formula is C33H34ClN3O5S. The van der Waals surface area contributed by atoms with Gasteiger partial charge in [-0.2, -0.15) is 0 Å². The molecule has 2 bridgehead atoms. The second-order valence-electron chi connectivity index (χ2n) is 11.5. The molecule has 3 aliphatic heterocycles. The van der Waals surface area contributed by atoms with Crippen LogP contribution in [-0.4, -0.2) is 56.5 Å². The summed E-state index contributed by atoms with van der Waals surface area (Å²) in [6, 6.07) is 21.6. The van der Waals surface area contributed by atoms with E-state index in [-0.39, 0.29) is 24.3 Å². The molecule has 3 aliphatic rings. The summed E-state index contributed by atoms with van der Waals surface area (Å²) in [5, 5.41) is 17.0. The Labute approximate surface area is 260 Å². The van der Waals surface area contributed by atoms with E-state index in [1.165, 1.54) is 4.90 Å². The van der Waals surface area contributed by atoms with Gasteiger partial charge in [0.25, 0.3) is 0 Å². The molecule has 6 rings (SSSR count). The Morgan fingerprint density at radius 2 is 1.72 bits per heavy atom. The number of rotatable bonds is 9. The summed E-state index contributed by atoms with van der Waals surface area (Å²) in [5.74, 6) is -1.68. The van der Waals surface area contributed by atoms with Crippen molar-refractivity contribution >= 4 is 52.5 Å². The molecule has 3 heterocycles. The lowest BCUT2D eigenvalue weighted by Gasteiger charge is -2.37. The number of likely N-dealkylation sites (tertiary alicyclic amines) is 1. The van der Waals surface area contributed by atoms with Crippen molar-refractivity contribution in [2.75, 3.05) is 23.8 Å². The molecule has 3 saturated heterocycles. The van der Waals surface area contributed by atoms with Crippen molar-refractivity contribution in [1.29, 1.82) is 0 Å². The van der Waals surface area contributed by atoms with Crippen LogP contribution in [-0.2, 0) is 14.4 Å². The summed E-state index contributed by atoms with van der Waals surface area (Å²) >= 11 is 7.97.